The van der Waals surface area contributed by atoms with E-state index in [0.717, 1.165) is 36.9 Å². The Labute approximate surface area is 150 Å². The van der Waals surface area contributed by atoms with Crippen molar-refractivity contribution in [2.45, 2.75) is 57.4 Å². The van der Waals surface area contributed by atoms with E-state index in [1.165, 1.54) is 0 Å². The molecule has 1 aromatic carbocycles. The molecule has 1 aliphatic heterocycles. The first-order valence-electron chi connectivity index (χ1n) is 8.98. The van der Waals surface area contributed by atoms with Gasteiger partial charge in [0, 0.05) is 12.6 Å². The topological polar surface area (TPSA) is 63.4 Å². The molecule has 0 aliphatic carbocycles. The van der Waals surface area contributed by atoms with Crippen LogP contribution in [-0.2, 0) is 22.9 Å². The van der Waals surface area contributed by atoms with Crippen molar-refractivity contribution in [3.8, 4) is 0 Å². The van der Waals surface area contributed by atoms with Crippen LogP contribution in [0.25, 0.3) is 0 Å². The van der Waals surface area contributed by atoms with Crippen LogP contribution in [0.5, 0.6) is 0 Å². The first kappa shape index (κ1) is 18.1. The van der Waals surface area contributed by atoms with E-state index in [9.17, 15) is 8.42 Å². The first-order valence-corrected chi connectivity index (χ1v) is 10.4. The molecule has 1 unspecified atom stereocenters. The van der Waals surface area contributed by atoms with Gasteiger partial charge in [-0.25, -0.2) is 8.42 Å². The fourth-order valence-electron chi connectivity index (χ4n) is 3.37. The predicted octanol–water partition coefficient (Wildman–Crippen LogP) is 3.96. The van der Waals surface area contributed by atoms with Crippen molar-refractivity contribution in [2.24, 2.45) is 5.92 Å². The van der Waals surface area contributed by atoms with Crippen molar-refractivity contribution in [2.75, 3.05) is 6.54 Å². The Morgan fingerprint density at radius 3 is 2.60 bits per heavy atom. The summed E-state index contributed by atoms with van der Waals surface area (Å²) in [5.41, 5.74) is 2.02. The average Bonchev–Trinajstić information content (AvgIpc) is 3.23. The molecular formula is C19H26N2O3S. The summed E-state index contributed by atoms with van der Waals surface area (Å²) in [5.74, 6) is 1.19. The molecule has 5 nitrogen and oxygen atoms in total. The standard InChI is InChI=1S/C19H26N2O3S/c1-4-16-13-19(24-20-16)18-6-5-11-21(18)25(22,23)17-9-7-15(8-10-17)12-14(2)3/h7-10,13-14,18H,4-6,11-12H2,1-3H3. The first-order chi connectivity index (χ1) is 11.9. The minimum atomic E-state index is -3.53. The highest BCUT2D eigenvalue weighted by Gasteiger charge is 2.38. The zero-order valence-corrected chi connectivity index (χ0v) is 15.9. The largest absolute Gasteiger partial charge is 0.359 e. The van der Waals surface area contributed by atoms with Gasteiger partial charge in [0.2, 0.25) is 10.0 Å². The summed E-state index contributed by atoms with van der Waals surface area (Å²) in [6.07, 6.45) is 3.32. The van der Waals surface area contributed by atoms with Crippen molar-refractivity contribution in [1.29, 1.82) is 0 Å². The normalized spacial score (nSPS) is 19.0. The summed E-state index contributed by atoms with van der Waals surface area (Å²) in [7, 11) is -3.53. The number of aromatic nitrogens is 1. The van der Waals surface area contributed by atoms with Crippen LogP contribution in [-0.4, -0.2) is 24.4 Å². The summed E-state index contributed by atoms with van der Waals surface area (Å²) in [6.45, 7) is 6.83. The highest BCUT2D eigenvalue weighted by molar-refractivity contribution is 7.89. The Bertz CT molecular complexity index is 809. The molecule has 1 aliphatic rings. The molecule has 6 heteroatoms. The van der Waals surface area contributed by atoms with Gasteiger partial charge in [-0.3, -0.25) is 0 Å². The molecule has 3 rings (SSSR count). The summed E-state index contributed by atoms with van der Waals surface area (Å²) in [4.78, 5) is 0.349. The quantitative estimate of drug-likeness (QED) is 0.780. The Morgan fingerprint density at radius 2 is 2.00 bits per heavy atom. The van der Waals surface area contributed by atoms with Gasteiger partial charge >= 0.3 is 0 Å². The third kappa shape index (κ3) is 3.80. The lowest BCUT2D eigenvalue weighted by Crippen LogP contribution is -2.30. The maximum absolute atomic E-state index is 13.1. The predicted molar refractivity (Wildman–Crippen MR) is 96.7 cm³/mol. The Morgan fingerprint density at radius 1 is 1.28 bits per heavy atom. The highest BCUT2D eigenvalue weighted by Crippen LogP contribution is 2.36. The highest BCUT2D eigenvalue weighted by atomic mass is 32.2. The van der Waals surface area contributed by atoms with Gasteiger partial charge in [0.15, 0.2) is 5.76 Å². The summed E-state index contributed by atoms with van der Waals surface area (Å²) < 4.78 is 33.2. The zero-order valence-electron chi connectivity index (χ0n) is 15.1. The number of sulfonamides is 1. The number of rotatable bonds is 6. The molecule has 1 fully saturated rings. The fraction of sp³-hybridized carbons (Fsp3) is 0.526. The third-order valence-corrected chi connectivity index (χ3v) is 6.57. The number of nitrogens with zero attached hydrogens (tertiary/aromatic N) is 2. The van der Waals surface area contributed by atoms with Crippen LogP contribution in [0.3, 0.4) is 0 Å². The molecule has 2 heterocycles. The molecule has 1 saturated heterocycles. The van der Waals surface area contributed by atoms with Crippen LogP contribution < -0.4 is 0 Å². The molecule has 0 saturated carbocycles. The van der Waals surface area contributed by atoms with E-state index in [4.69, 9.17) is 4.52 Å². The van der Waals surface area contributed by atoms with E-state index >= 15 is 0 Å². The van der Waals surface area contributed by atoms with Crippen LogP contribution in [0.2, 0.25) is 0 Å². The number of hydrogen-bond acceptors (Lipinski definition) is 4. The molecule has 0 radical (unpaired) electrons. The lowest BCUT2D eigenvalue weighted by molar-refractivity contribution is 0.296. The molecule has 2 aromatic rings. The minimum Gasteiger partial charge on any atom is -0.359 e. The molecule has 25 heavy (non-hydrogen) atoms. The molecule has 0 spiro atoms. The second-order valence-electron chi connectivity index (χ2n) is 7.09. The third-order valence-electron chi connectivity index (χ3n) is 4.65. The van der Waals surface area contributed by atoms with Crippen LogP contribution in [0.15, 0.2) is 39.8 Å². The summed E-state index contributed by atoms with van der Waals surface area (Å²) in [5, 5.41) is 4.01. The smallest absolute Gasteiger partial charge is 0.243 e. The van der Waals surface area contributed by atoms with E-state index in [1.54, 1.807) is 16.4 Å². The molecule has 0 amide bonds. The van der Waals surface area contributed by atoms with E-state index in [0.29, 0.717) is 23.1 Å². The van der Waals surface area contributed by atoms with E-state index in [-0.39, 0.29) is 6.04 Å². The second-order valence-corrected chi connectivity index (χ2v) is 8.98. The van der Waals surface area contributed by atoms with Crippen molar-refractivity contribution < 1.29 is 12.9 Å². The molecular weight excluding hydrogens is 336 g/mol. The van der Waals surface area contributed by atoms with E-state index < -0.39 is 10.0 Å². The number of hydrogen-bond donors (Lipinski definition) is 0. The number of aryl methyl sites for hydroxylation is 1. The minimum absolute atomic E-state index is 0.256. The second kappa shape index (κ2) is 7.30. The monoisotopic (exact) mass is 362 g/mol. The Balaban J connectivity index is 1.85. The fourth-order valence-corrected chi connectivity index (χ4v) is 5.03. The zero-order chi connectivity index (χ0) is 18.0. The van der Waals surface area contributed by atoms with E-state index in [1.807, 2.05) is 25.1 Å². The SMILES string of the molecule is CCc1cc(C2CCCN2S(=O)(=O)c2ccc(CC(C)C)cc2)on1. The van der Waals surface area contributed by atoms with Crippen molar-refractivity contribution >= 4 is 10.0 Å². The van der Waals surface area contributed by atoms with Gasteiger partial charge in [0.25, 0.3) is 0 Å². The van der Waals surface area contributed by atoms with E-state index in [2.05, 4.69) is 19.0 Å². The van der Waals surface area contributed by atoms with Gasteiger partial charge in [-0.15, -0.1) is 0 Å². The number of benzene rings is 1. The van der Waals surface area contributed by atoms with Gasteiger partial charge in [-0.1, -0.05) is 38.1 Å². The van der Waals surface area contributed by atoms with Crippen molar-refractivity contribution in [3.63, 3.8) is 0 Å². The Kier molecular flexibility index (Phi) is 5.29. The summed E-state index contributed by atoms with van der Waals surface area (Å²) in [6, 6.07) is 8.90. The average molecular weight is 362 g/mol. The van der Waals surface area contributed by atoms with Gasteiger partial charge in [0.1, 0.15) is 0 Å². The molecule has 1 aromatic heterocycles. The lowest BCUT2D eigenvalue weighted by atomic mass is 10.0. The summed E-state index contributed by atoms with van der Waals surface area (Å²) >= 11 is 0. The molecule has 0 N–H and O–H groups in total. The van der Waals surface area contributed by atoms with Gasteiger partial charge in [0.05, 0.1) is 16.6 Å². The van der Waals surface area contributed by atoms with Crippen LogP contribution in [0.1, 0.15) is 56.7 Å². The van der Waals surface area contributed by atoms with Crippen LogP contribution >= 0.6 is 0 Å². The van der Waals surface area contributed by atoms with Crippen LogP contribution in [0.4, 0.5) is 0 Å². The van der Waals surface area contributed by atoms with Gasteiger partial charge < -0.3 is 4.52 Å². The lowest BCUT2D eigenvalue weighted by Gasteiger charge is -2.22. The van der Waals surface area contributed by atoms with Gasteiger partial charge in [-0.05, 0) is 49.3 Å². The van der Waals surface area contributed by atoms with Crippen molar-refractivity contribution in [3.05, 3.63) is 47.3 Å². The molecule has 136 valence electrons. The Hall–Kier alpha value is -1.66. The maximum atomic E-state index is 13.1. The van der Waals surface area contributed by atoms with Gasteiger partial charge in [-0.2, -0.15) is 4.31 Å². The molecule has 0 bridgehead atoms. The van der Waals surface area contributed by atoms with Crippen LogP contribution in [0, 0.1) is 5.92 Å². The molecule has 1 atom stereocenters. The maximum Gasteiger partial charge on any atom is 0.243 e. The van der Waals surface area contributed by atoms with Crippen molar-refractivity contribution in [1.82, 2.24) is 9.46 Å².